The molecular weight excluding hydrogens is 391 g/mol. The van der Waals surface area contributed by atoms with Crippen LogP contribution in [0.15, 0.2) is 66.7 Å². The van der Waals surface area contributed by atoms with Crippen LogP contribution < -0.4 is 19.1 Å². The van der Waals surface area contributed by atoms with Crippen LogP contribution in [0.5, 0.6) is 23.0 Å². The van der Waals surface area contributed by atoms with Crippen LogP contribution >= 0.6 is 0 Å². The number of nitrogens with zero attached hydrogens (tertiary/aromatic N) is 1. The summed E-state index contributed by atoms with van der Waals surface area (Å²) in [5, 5.41) is 0. The zero-order valence-corrected chi connectivity index (χ0v) is 16.4. The van der Waals surface area contributed by atoms with Crippen molar-refractivity contribution in [1.29, 1.82) is 0 Å². The van der Waals surface area contributed by atoms with E-state index < -0.39 is 18.5 Å². The molecule has 30 heavy (non-hydrogen) atoms. The summed E-state index contributed by atoms with van der Waals surface area (Å²) in [6.45, 7) is -2.34. The summed E-state index contributed by atoms with van der Waals surface area (Å²) in [6.07, 6.45) is 0. The Kier molecular flexibility index (Phi) is 5.98. The highest BCUT2D eigenvalue weighted by Gasteiger charge is 2.21. The number of para-hydroxylation sites is 1. The summed E-state index contributed by atoms with van der Waals surface area (Å²) in [7, 11) is 1.43. The third kappa shape index (κ3) is 5.05. The zero-order valence-electron chi connectivity index (χ0n) is 18.4. The lowest BCUT2D eigenvalue weighted by molar-refractivity contribution is -0.116. The maximum Gasteiger partial charge on any atom is 0.228 e. The van der Waals surface area contributed by atoms with Crippen LogP contribution in [-0.4, -0.2) is 19.8 Å². The maximum absolute atomic E-state index is 14.1. The van der Waals surface area contributed by atoms with Gasteiger partial charge in [-0.25, -0.2) is 8.78 Å². The highest BCUT2D eigenvalue weighted by atomic mass is 19.1. The van der Waals surface area contributed by atoms with Gasteiger partial charge >= 0.3 is 0 Å². The van der Waals surface area contributed by atoms with Crippen molar-refractivity contribution in [1.82, 2.24) is 0 Å². The van der Waals surface area contributed by atoms with E-state index in [0.29, 0.717) is 11.5 Å². The third-order valence-corrected chi connectivity index (χ3v) is 4.31. The normalized spacial score (nSPS) is 11.9. The van der Waals surface area contributed by atoms with Gasteiger partial charge in [-0.2, -0.15) is 0 Å². The van der Waals surface area contributed by atoms with E-state index in [4.69, 9.17) is 17.0 Å². The van der Waals surface area contributed by atoms with E-state index in [1.807, 2.05) is 6.07 Å². The standard InChI is InChI=1S/C23H21F2NO4/c1-16(27)26(14-17-12-20(28-2)9-11-22(17)29-15-24)21-13-18(25)8-10-23(21)30-19-6-4-3-5-7-19/h3-13H,14-15H2,1-2H3/i15D2,24-1. The first-order valence-corrected chi connectivity index (χ1v) is 9.01. The number of rotatable bonds is 8. The van der Waals surface area contributed by atoms with Crippen LogP contribution in [-0.2, 0) is 11.3 Å². The van der Waals surface area contributed by atoms with Crippen molar-refractivity contribution in [3.8, 4) is 23.0 Å². The Balaban J connectivity index is 2.03. The topological polar surface area (TPSA) is 48.0 Å². The second-order valence-electron chi connectivity index (χ2n) is 6.29. The van der Waals surface area contributed by atoms with Crippen molar-refractivity contribution in [3.05, 3.63) is 78.1 Å². The third-order valence-electron chi connectivity index (χ3n) is 4.31. The minimum absolute atomic E-state index is 0.133. The second kappa shape index (κ2) is 9.73. The lowest BCUT2D eigenvalue weighted by atomic mass is 10.1. The lowest BCUT2D eigenvalue weighted by Gasteiger charge is -2.25. The van der Waals surface area contributed by atoms with Gasteiger partial charge in [-0.05, 0) is 42.5 Å². The fraction of sp³-hybridized carbons (Fsp3) is 0.174. The van der Waals surface area contributed by atoms with Crippen LogP contribution in [0.4, 0.5) is 14.5 Å². The number of anilines is 1. The summed E-state index contributed by atoms with van der Waals surface area (Å²) in [5.41, 5.74) is 0.384. The largest absolute Gasteiger partial charge is 0.497 e. The zero-order chi connectivity index (χ0) is 23.3. The predicted octanol–water partition coefficient (Wildman–Crippen LogP) is 5.49. The van der Waals surface area contributed by atoms with Crippen LogP contribution in [0.25, 0.3) is 0 Å². The quantitative estimate of drug-likeness (QED) is 0.489. The Morgan fingerprint density at radius 2 is 1.77 bits per heavy atom. The van der Waals surface area contributed by atoms with E-state index in [2.05, 4.69) is 0 Å². The molecule has 7 heteroatoms. The molecule has 3 aromatic rings. The molecule has 0 aromatic heterocycles. The molecular formula is C23H21F2NO4. The van der Waals surface area contributed by atoms with Gasteiger partial charge < -0.3 is 19.1 Å². The van der Waals surface area contributed by atoms with Gasteiger partial charge in [-0.3, -0.25) is 4.79 Å². The average molecular weight is 414 g/mol. The molecule has 0 aliphatic rings. The lowest BCUT2D eigenvalue weighted by Crippen LogP contribution is -2.28. The molecule has 0 spiro atoms. The fourth-order valence-electron chi connectivity index (χ4n) is 2.89. The number of carbonyl (C=O) groups excluding carboxylic acids is 1. The highest BCUT2D eigenvalue weighted by molar-refractivity contribution is 5.93. The first kappa shape index (κ1) is 18.4. The van der Waals surface area contributed by atoms with Crippen LogP contribution in [0.1, 0.15) is 15.2 Å². The smallest absolute Gasteiger partial charge is 0.228 e. The predicted molar refractivity (Wildman–Crippen MR) is 109 cm³/mol. The van der Waals surface area contributed by atoms with Gasteiger partial charge in [0.05, 0.1) is 19.3 Å². The number of carbonyl (C=O) groups is 1. The number of halogens is 2. The van der Waals surface area contributed by atoms with Crippen molar-refractivity contribution in [2.75, 3.05) is 18.8 Å². The Bertz CT molecular complexity index is 1090. The van der Waals surface area contributed by atoms with Crippen molar-refractivity contribution >= 4 is 11.6 Å². The van der Waals surface area contributed by atoms with Crippen LogP contribution in [0.3, 0.4) is 0 Å². The Morgan fingerprint density at radius 1 is 1.03 bits per heavy atom. The molecule has 0 N–H and O–H groups in total. The summed E-state index contributed by atoms with van der Waals surface area (Å²) in [6, 6.07) is 16.8. The highest BCUT2D eigenvalue weighted by Crippen LogP contribution is 2.35. The molecule has 0 aliphatic carbocycles. The van der Waals surface area contributed by atoms with Gasteiger partial charge in [0.15, 0.2) is 5.75 Å². The van der Waals surface area contributed by atoms with Gasteiger partial charge in [0.1, 0.15) is 25.8 Å². The molecule has 0 aliphatic heterocycles. The second-order valence-corrected chi connectivity index (χ2v) is 6.29. The molecule has 3 aromatic carbocycles. The number of hydrogen-bond donors (Lipinski definition) is 0. The molecule has 5 nitrogen and oxygen atoms in total. The molecule has 156 valence electrons. The van der Waals surface area contributed by atoms with Crippen molar-refractivity contribution in [2.24, 2.45) is 0 Å². The molecule has 0 atom stereocenters. The molecule has 0 radical (unpaired) electrons. The molecule has 0 saturated heterocycles. The summed E-state index contributed by atoms with van der Waals surface area (Å²) in [5.74, 6) is -0.0833. The van der Waals surface area contributed by atoms with E-state index >= 15 is 0 Å². The number of benzene rings is 3. The SMILES string of the molecule is [2H]C([2H])([18F])Oc1ccc(OC)cc1CN(C(C)=O)c1cc(F)ccc1Oc1ccccc1. The van der Waals surface area contributed by atoms with Crippen LogP contribution in [0, 0.1) is 5.82 Å². The maximum atomic E-state index is 14.1. The van der Waals surface area contributed by atoms with Crippen molar-refractivity contribution in [3.63, 3.8) is 0 Å². The van der Waals surface area contributed by atoms with E-state index in [1.165, 1.54) is 49.3 Å². The van der Waals surface area contributed by atoms with E-state index in [0.717, 1.165) is 6.07 Å². The summed E-state index contributed by atoms with van der Waals surface area (Å²) >= 11 is 0. The van der Waals surface area contributed by atoms with E-state index in [1.54, 1.807) is 24.3 Å². The molecule has 0 unspecified atom stereocenters. The van der Waals surface area contributed by atoms with Gasteiger partial charge in [0.25, 0.3) is 0 Å². The molecule has 0 heterocycles. The Morgan fingerprint density at radius 3 is 2.43 bits per heavy atom. The fourth-order valence-corrected chi connectivity index (χ4v) is 2.89. The summed E-state index contributed by atoms with van der Waals surface area (Å²) in [4.78, 5) is 13.8. The monoisotopic (exact) mass is 414 g/mol. The van der Waals surface area contributed by atoms with Gasteiger partial charge in [0.2, 0.25) is 12.7 Å². The number of amides is 1. The molecule has 0 fully saturated rings. The summed E-state index contributed by atoms with van der Waals surface area (Å²) < 4.78 is 57.6. The Labute approximate surface area is 176 Å². The van der Waals surface area contributed by atoms with Gasteiger partial charge in [-0.1, -0.05) is 18.2 Å². The van der Waals surface area contributed by atoms with Gasteiger partial charge in [-0.15, -0.1) is 0 Å². The minimum atomic E-state index is -3.44. The number of methoxy groups -OCH3 is 1. The van der Waals surface area contributed by atoms with Crippen LogP contribution in [0.2, 0.25) is 0 Å². The first-order valence-electron chi connectivity index (χ1n) is 10.0. The van der Waals surface area contributed by atoms with E-state index in [9.17, 15) is 13.6 Å². The Hall–Kier alpha value is -3.61. The average Bonchev–Trinajstić information content (AvgIpc) is 2.74. The number of alkyl halides is 1. The molecule has 3 rings (SSSR count). The molecule has 0 saturated carbocycles. The van der Waals surface area contributed by atoms with E-state index in [-0.39, 0.29) is 29.3 Å². The number of hydrogen-bond acceptors (Lipinski definition) is 4. The molecule has 1 amide bonds. The van der Waals surface area contributed by atoms with Crippen molar-refractivity contribution in [2.45, 2.75) is 13.5 Å². The first-order chi connectivity index (χ1) is 15.2. The number of ether oxygens (including phenoxy) is 3. The molecule has 0 bridgehead atoms. The van der Waals surface area contributed by atoms with Gasteiger partial charge in [0, 0.05) is 18.6 Å². The van der Waals surface area contributed by atoms with Crippen molar-refractivity contribution < 1.29 is 30.5 Å². The minimum Gasteiger partial charge on any atom is -0.497 e.